The van der Waals surface area contributed by atoms with Crippen molar-refractivity contribution in [1.29, 1.82) is 0 Å². The van der Waals surface area contributed by atoms with Crippen LogP contribution >= 0.6 is 0 Å². The van der Waals surface area contributed by atoms with Crippen LogP contribution in [0.25, 0.3) is 16.7 Å². The molecule has 6 N–H and O–H groups in total. The van der Waals surface area contributed by atoms with E-state index < -0.39 is 5.91 Å². The van der Waals surface area contributed by atoms with Gasteiger partial charge in [0, 0.05) is 23.0 Å². The number of carbonyl (C=O) groups excluding carboxylic acids is 1. The van der Waals surface area contributed by atoms with Crippen LogP contribution in [0.15, 0.2) is 61.3 Å². The molecule has 0 saturated heterocycles. The third-order valence-corrected chi connectivity index (χ3v) is 4.59. The number of amides is 1. The number of aromatic nitrogens is 1. The van der Waals surface area contributed by atoms with Crippen molar-refractivity contribution in [2.45, 2.75) is 20.0 Å². The first kappa shape index (κ1) is 19.3. The van der Waals surface area contributed by atoms with E-state index in [1.165, 1.54) is 0 Å². The average Bonchev–Trinajstić information content (AvgIpc) is 3.04. The van der Waals surface area contributed by atoms with Gasteiger partial charge in [-0.1, -0.05) is 49.9 Å². The molecule has 0 unspecified atom stereocenters. The summed E-state index contributed by atoms with van der Waals surface area (Å²) in [6.45, 7) is 6.36. The lowest BCUT2D eigenvalue weighted by atomic mass is 10.00. The molecule has 0 radical (unpaired) electrons. The van der Waals surface area contributed by atoms with E-state index in [2.05, 4.69) is 24.0 Å². The molecule has 4 rings (SSSR count). The number of primary amides is 1. The number of fused-ring (bicyclic) bond motifs is 3. The fraction of sp³-hybridized carbons (Fsp3) is 0.136. The maximum atomic E-state index is 11.4. The van der Waals surface area contributed by atoms with Crippen molar-refractivity contribution < 1.29 is 9.63 Å². The summed E-state index contributed by atoms with van der Waals surface area (Å²) in [7, 11) is 0. The standard InChI is InChI=1S/C12H11N3O2.C10H13N/c13-12(16)8-5-14-10-6-17-15-9-4-2-1-3-7(9)11(8)10;1-3-8(2)9-6-4-5-7-10(9)11/h1-5,14-15H,6H2,(H2,13,16);4-7H,2-3,11H2,1H3. The molecule has 0 spiro atoms. The highest BCUT2D eigenvalue weighted by Crippen LogP contribution is 2.35. The van der Waals surface area contributed by atoms with E-state index in [9.17, 15) is 4.79 Å². The maximum absolute atomic E-state index is 11.4. The number of benzene rings is 2. The molecular formula is C22H24N4O2. The Bertz CT molecular complexity index is 1010. The number of allylic oxidation sites excluding steroid dienone is 1. The van der Waals surface area contributed by atoms with Crippen LogP contribution in [0.4, 0.5) is 11.4 Å². The highest BCUT2D eigenvalue weighted by molar-refractivity contribution is 6.02. The fourth-order valence-electron chi connectivity index (χ4n) is 3.07. The van der Waals surface area contributed by atoms with Crippen molar-refractivity contribution in [3.63, 3.8) is 0 Å². The molecule has 3 aromatic rings. The largest absolute Gasteiger partial charge is 0.398 e. The van der Waals surface area contributed by atoms with Crippen molar-refractivity contribution in [3.8, 4) is 11.1 Å². The molecule has 2 aromatic carbocycles. The Morgan fingerprint density at radius 3 is 2.57 bits per heavy atom. The quantitative estimate of drug-likeness (QED) is 0.510. The first-order chi connectivity index (χ1) is 13.5. The van der Waals surface area contributed by atoms with Crippen LogP contribution in [0.5, 0.6) is 0 Å². The molecular weight excluding hydrogens is 352 g/mol. The van der Waals surface area contributed by atoms with E-state index in [0.717, 1.165) is 45.8 Å². The monoisotopic (exact) mass is 376 g/mol. The van der Waals surface area contributed by atoms with Gasteiger partial charge in [0.2, 0.25) is 0 Å². The van der Waals surface area contributed by atoms with Crippen molar-refractivity contribution in [2.24, 2.45) is 5.73 Å². The van der Waals surface area contributed by atoms with Crippen molar-refractivity contribution >= 4 is 22.9 Å². The van der Waals surface area contributed by atoms with Gasteiger partial charge in [-0.25, -0.2) is 0 Å². The lowest BCUT2D eigenvalue weighted by molar-refractivity contribution is 0.100. The molecule has 1 amide bonds. The number of nitrogens with two attached hydrogens (primary N) is 2. The molecule has 1 aliphatic heterocycles. The molecule has 6 nitrogen and oxygen atoms in total. The third kappa shape index (κ3) is 3.92. The molecule has 0 saturated carbocycles. The lowest BCUT2D eigenvalue weighted by Crippen LogP contribution is -2.11. The molecule has 28 heavy (non-hydrogen) atoms. The number of nitrogens with one attached hydrogen (secondary N) is 2. The Labute approximate surface area is 164 Å². The first-order valence-electron chi connectivity index (χ1n) is 9.02. The SMILES string of the molecule is C=C(CC)c1ccccc1N.NC(=O)c1c[nH]c2c1-c1ccccc1NOC2. The molecule has 0 atom stereocenters. The number of hydrogen-bond acceptors (Lipinski definition) is 4. The van der Waals surface area contributed by atoms with Crippen LogP contribution in [0.3, 0.4) is 0 Å². The van der Waals surface area contributed by atoms with Crippen molar-refractivity contribution in [1.82, 2.24) is 4.98 Å². The van der Waals surface area contributed by atoms with Gasteiger partial charge in [-0.15, -0.1) is 0 Å². The minimum atomic E-state index is -0.445. The van der Waals surface area contributed by atoms with E-state index in [0.29, 0.717) is 12.2 Å². The molecule has 0 fully saturated rings. The van der Waals surface area contributed by atoms with Crippen LogP contribution in [-0.2, 0) is 11.4 Å². The summed E-state index contributed by atoms with van der Waals surface area (Å²) < 4.78 is 0. The average molecular weight is 376 g/mol. The number of carbonyl (C=O) groups is 1. The Balaban J connectivity index is 0.000000178. The Morgan fingerprint density at radius 1 is 1.14 bits per heavy atom. The maximum Gasteiger partial charge on any atom is 0.250 e. The van der Waals surface area contributed by atoms with E-state index in [1.807, 2.05) is 48.5 Å². The molecule has 1 aromatic heterocycles. The van der Waals surface area contributed by atoms with Gasteiger partial charge in [0.25, 0.3) is 5.91 Å². The third-order valence-electron chi connectivity index (χ3n) is 4.59. The smallest absolute Gasteiger partial charge is 0.250 e. The normalized spacial score (nSPS) is 11.8. The summed E-state index contributed by atoms with van der Waals surface area (Å²) in [4.78, 5) is 19.7. The van der Waals surface area contributed by atoms with Gasteiger partial charge in [-0.05, 0) is 29.7 Å². The zero-order valence-corrected chi connectivity index (χ0v) is 15.8. The van der Waals surface area contributed by atoms with E-state index in [1.54, 1.807) is 6.20 Å². The number of rotatable bonds is 3. The Kier molecular flexibility index (Phi) is 5.81. The van der Waals surface area contributed by atoms with E-state index in [-0.39, 0.29) is 0 Å². The minimum Gasteiger partial charge on any atom is -0.398 e. The Hall–Kier alpha value is -3.51. The van der Waals surface area contributed by atoms with Crippen molar-refractivity contribution in [3.05, 3.63) is 78.1 Å². The summed E-state index contributed by atoms with van der Waals surface area (Å²) in [6.07, 6.45) is 2.58. The topological polar surface area (TPSA) is 106 Å². The summed E-state index contributed by atoms with van der Waals surface area (Å²) in [6, 6.07) is 15.4. The van der Waals surface area contributed by atoms with Crippen LogP contribution in [0, 0.1) is 0 Å². The Morgan fingerprint density at radius 2 is 1.86 bits per heavy atom. The van der Waals surface area contributed by atoms with Crippen LogP contribution < -0.4 is 16.9 Å². The van der Waals surface area contributed by atoms with Crippen molar-refractivity contribution in [2.75, 3.05) is 11.2 Å². The molecule has 0 bridgehead atoms. The lowest BCUT2D eigenvalue weighted by Gasteiger charge is -2.07. The second kappa shape index (κ2) is 8.45. The summed E-state index contributed by atoms with van der Waals surface area (Å²) in [5.41, 5.74) is 20.8. The predicted molar refractivity (Wildman–Crippen MR) is 113 cm³/mol. The fourth-order valence-corrected chi connectivity index (χ4v) is 3.07. The summed E-state index contributed by atoms with van der Waals surface area (Å²) in [5.74, 6) is -0.445. The number of para-hydroxylation sites is 2. The van der Waals surface area contributed by atoms with E-state index in [4.69, 9.17) is 16.3 Å². The predicted octanol–water partition coefficient (Wildman–Crippen LogP) is 4.33. The minimum absolute atomic E-state index is 0.358. The van der Waals surface area contributed by atoms with Gasteiger partial charge >= 0.3 is 0 Å². The first-order valence-corrected chi connectivity index (χ1v) is 9.02. The molecule has 1 aliphatic rings. The van der Waals surface area contributed by atoms with Gasteiger partial charge < -0.3 is 16.5 Å². The van der Waals surface area contributed by atoms with Gasteiger partial charge in [0.15, 0.2) is 0 Å². The van der Waals surface area contributed by atoms with Gasteiger partial charge in [-0.3, -0.25) is 15.1 Å². The van der Waals surface area contributed by atoms with E-state index >= 15 is 0 Å². The summed E-state index contributed by atoms with van der Waals surface area (Å²) >= 11 is 0. The molecule has 2 heterocycles. The highest BCUT2D eigenvalue weighted by Gasteiger charge is 2.21. The zero-order valence-electron chi connectivity index (χ0n) is 15.8. The van der Waals surface area contributed by atoms with Crippen LogP contribution in [-0.4, -0.2) is 10.9 Å². The number of anilines is 2. The van der Waals surface area contributed by atoms with Crippen LogP contribution in [0.1, 0.15) is 35.0 Å². The summed E-state index contributed by atoms with van der Waals surface area (Å²) in [5, 5.41) is 0. The number of nitrogen functional groups attached to an aromatic ring is 1. The second-order valence-corrected chi connectivity index (χ2v) is 6.40. The molecule has 144 valence electrons. The number of aromatic amines is 1. The number of H-pyrrole nitrogens is 1. The molecule has 0 aliphatic carbocycles. The van der Waals surface area contributed by atoms with Crippen LogP contribution in [0.2, 0.25) is 0 Å². The molecule has 6 heteroatoms. The highest BCUT2D eigenvalue weighted by atomic mass is 16.6. The van der Waals surface area contributed by atoms with Gasteiger partial charge in [0.05, 0.1) is 16.9 Å². The van der Waals surface area contributed by atoms with Gasteiger partial charge in [0.1, 0.15) is 6.61 Å². The zero-order chi connectivity index (χ0) is 20.1. The second-order valence-electron chi connectivity index (χ2n) is 6.40. The van der Waals surface area contributed by atoms with Gasteiger partial charge in [-0.2, -0.15) is 0 Å². The number of hydrogen-bond donors (Lipinski definition) is 4.